The van der Waals surface area contributed by atoms with Gasteiger partial charge in [-0.1, -0.05) is 6.42 Å². The minimum atomic E-state index is 0.209. The van der Waals surface area contributed by atoms with Crippen molar-refractivity contribution in [2.75, 3.05) is 5.73 Å². The minimum Gasteiger partial charge on any atom is -0.488 e. The van der Waals surface area contributed by atoms with E-state index < -0.39 is 0 Å². The fourth-order valence-electron chi connectivity index (χ4n) is 2.92. The molecule has 2 N–H and O–H groups in total. The second-order valence-electron chi connectivity index (χ2n) is 5.54. The smallest absolute Gasteiger partial charge is 0.120 e. The number of nitrogen functional groups attached to an aromatic ring is 1. The van der Waals surface area contributed by atoms with E-state index in [4.69, 9.17) is 10.5 Å². The lowest BCUT2D eigenvalue weighted by Gasteiger charge is -2.32. The lowest BCUT2D eigenvalue weighted by Crippen LogP contribution is -2.32. The zero-order chi connectivity index (χ0) is 13.9. The summed E-state index contributed by atoms with van der Waals surface area (Å²) in [4.78, 5) is 4.16. The summed E-state index contributed by atoms with van der Waals surface area (Å²) in [6, 6.07) is 6.28. The highest BCUT2D eigenvalue weighted by molar-refractivity contribution is 5.49. The van der Waals surface area contributed by atoms with Gasteiger partial charge in [0.2, 0.25) is 0 Å². The first-order valence-corrected chi connectivity index (χ1v) is 7.24. The third-order valence-electron chi connectivity index (χ3n) is 4.10. The number of rotatable bonds is 3. The highest BCUT2D eigenvalue weighted by Crippen LogP contribution is 2.32. The average molecular weight is 271 g/mol. The van der Waals surface area contributed by atoms with E-state index in [1.165, 1.54) is 12.8 Å². The molecule has 0 bridgehead atoms. The SMILES string of the molecule is Cc1cc(OC2CCCCC2n2ccnc2)ccc1N. The van der Waals surface area contributed by atoms with Gasteiger partial charge in [-0.05, 0) is 49.9 Å². The fraction of sp³-hybridized carbons (Fsp3) is 0.438. The van der Waals surface area contributed by atoms with Gasteiger partial charge < -0.3 is 15.0 Å². The van der Waals surface area contributed by atoms with Gasteiger partial charge in [0, 0.05) is 18.1 Å². The summed E-state index contributed by atoms with van der Waals surface area (Å²) in [5, 5.41) is 0. The standard InChI is InChI=1S/C16H21N3O/c1-12-10-13(6-7-14(12)17)20-16-5-3-2-4-15(16)19-9-8-18-11-19/h6-11,15-16H,2-5,17H2,1H3. The van der Waals surface area contributed by atoms with E-state index in [9.17, 15) is 0 Å². The van der Waals surface area contributed by atoms with Crippen molar-refractivity contribution in [1.82, 2.24) is 9.55 Å². The first kappa shape index (κ1) is 13.0. The second kappa shape index (κ2) is 5.57. The molecule has 0 aliphatic heterocycles. The summed E-state index contributed by atoms with van der Waals surface area (Å²) in [5.74, 6) is 0.911. The van der Waals surface area contributed by atoms with Gasteiger partial charge in [-0.2, -0.15) is 0 Å². The van der Waals surface area contributed by atoms with Gasteiger partial charge >= 0.3 is 0 Å². The van der Waals surface area contributed by atoms with Crippen LogP contribution in [-0.2, 0) is 0 Å². The van der Waals surface area contributed by atoms with Crippen LogP contribution in [0.25, 0.3) is 0 Å². The van der Waals surface area contributed by atoms with Crippen molar-refractivity contribution in [3.63, 3.8) is 0 Å². The monoisotopic (exact) mass is 271 g/mol. The molecule has 0 spiro atoms. The molecule has 0 saturated heterocycles. The highest BCUT2D eigenvalue weighted by Gasteiger charge is 2.27. The number of imidazole rings is 1. The number of benzene rings is 1. The van der Waals surface area contributed by atoms with Crippen LogP contribution in [0.5, 0.6) is 5.75 Å². The molecular weight excluding hydrogens is 250 g/mol. The van der Waals surface area contributed by atoms with E-state index in [0.29, 0.717) is 6.04 Å². The Morgan fingerprint density at radius 3 is 2.90 bits per heavy atom. The van der Waals surface area contributed by atoms with Gasteiger partial charge in [-0.25, -0.2) is 4.98 Å². The van der Waals surface area contributed by atoms with Crippen molar-refractivity contribution in [3.05, 3.63) is 42.5 Å². The molecule has 2 atom stereocenters. The molecule has 4 heteroatoms. The van der Waals surface area contributed by atoms with Gasteiger partial charge in [-0.15, -0.1) is 0 Å². The van der Waals surface area contributed by atoms with Crippen molar-refractivity contribution in [2.24, 2.45) is 0 Å². The Bertz CT molecular complexity index is 565. The van der Waals surface area contributed by atoms with Crippen molar-refractivity contribution >= 4 is 5.69 Å². The van der Waals surface area contributed by atoms with Gasteiger partial charge in [0.15, 0.2) is 0 Å². The maximum Gasteiger partial charge on any atom is 0.120 e. The molecule has 2 unspecified atom stereocenters. The Labute approximate surface area is 119 Å². The van der Waals surface area contributed by atoms with Crippen LogP contribution in [0.3, 0.4) is 0 Å². The van der Waals surface area contributed by atoms with Crippen LogP contribution in [-0.4, -0.2) is 15.7 Å². The van der Waals surface area contributed by atoms with E-state index in [1.54, 1.807) is 0 Å². The molecule has 4 nitrogen and oxygen atoms in total. The Balaban J connectivity index is 1.78. The zero-order valence-corrected chi connectivity index (χ0v) is 11.8. The quantitative estimate of drug-likeness (QED) is 0.871. The van der Waals surface area contributed by atoms with Crippen molar-refractivity contribution in [1.29, 1.82) is 0 Å². The predicted octanol–water partition coefficient (Wildman–Crippen LogP) is 3.34. The number of aryl methyl sites for hydroxylation is 1. The number of ether oxygens (including phenoxy) is 1. The summed E-state index contributed by atoms with van der Waals surface area (Å²) in [6.45, 7) is 2.01. The van der Waals surface area contributed by atoms with Gasteiger partial charge in [-0.3, -0.25) is 0 Å². The van der Waals surface area contributed by atoms with E-state index in [0.717, 1.165) is 29.8 Å². The topological polar surface area (TPSA) is 53.1 Å². The molecule has 1 aromatic heterocycles. The van der Waals surface area contributed by atoms with E-state index in [-0.39, 0.29) is 6.10 Å². The summed E-state index contributed by atoms with van der Waals surface area (Å²) >= 11 is 0. The number of hydrogen-bond acceptors (Lipinski definition) is 3. The molecule has 1 fully saturated rings. The molecule has 106 valence electrons. The van der Waals surface area contributed by atoms with E-state index >= 15 is 0 Å². The van der Waals surface area contributed by atoms with Crippen LogP contribution < -0.4 is 10.5 Å². The van der Waals surface area contributed by atoms with Crippen LogP contribution in [0.15, 0.2) is 36.9 Å². The Morgan fingerprint density at radius 2 is 2.15 bits per heavy atom. The molecule has 3 rings (SSSR count). The van der Waals surface area contributed by atoms with Gasteiger partial charge in [0.1, 0.15) is 11.9 Å². The van der Waals surface area contributed by atoms with Gasteiger partial charge in [0.25, 0.3) is 0 Å². The third-order valence-corrected chi connectivity index (χ3v) is 4.10. The molecule has 1 aliphatic carbocycles. The largest absolute Gasteiger partial charge is 0.488 e. The fourth-order valence-corrected chi connectivity index (χ4v) is 2.92. The Morgan fingerprint density at radius 1 is 1.30 bits per heavy atom. The third kappa shape index (κ3) is 2.64. The van der Waals surface area contributed by atoms with E-state index in [2.05, 4.69) is 9.55 Å². The molecule has 2 aromatic rings. The zero-order valence-electron chi connectivity index (χ0n) is 11.8. The average Bonchev–Trinajstić information content (AvgIpc) is 2.97. The van der Waals surface area contributed by atoms with Crippen LogP contribution in [0, 0.1) is 6.92 Å². The number of nitrogens with zero attached hydrogens (tertiary/aromatic N) is 2. The van der Waals surface area contributed by atoms with Crippen LogP contribution in [0.1, 0.15) is 37.3 Å². The maximum atomic E-state index is 6.22. The normalized spacial score (nSPS) is 22.6. The lowest BCUT2D eigenvalue weighted by molar-refractivity contribution is 0.0977. The summed E-state index contributed by atoms with van der Waals surface area (Å²) in [7, 11) is 0. The highest BCUT2D eigenvalue weighted by atomic mass is 16.5. The first-order chi connectivity index (χ1) is 9.74. The minimum absolute atomic E-state index is 0.209. The lowest BCUT2D eigenvalue weighted by atomic mass is 9.92. The first-order valence-electron chi connectivity index (χ1n) is 7.24. The predicted molar refractivity (Wildman–Crippen MR) is 79.7 cm³/mol. The molecule has 0 amide bonds. The summed E-state index contributed by atoms with van der Waals surface area (Å²) in [5.41, 5.74) is 7.74. The second-order valence-corrected chi connectivity index (χ2v) is 5.54. The Hall–Kier alpha value is -1.97. The van der Waals surface area contributed by atoms with E-state index in [1.807, 2.05) is 43.8 Å². The molecule has 1 heterocycles. The summed E-state index contributed by atoms with van der Waals surface area (Å²) < 4.78 is 8.40. The number of aromatic nitrogens is 2. The van der Waals surface area contributed by atoms with Crippen LogP contribution in [0.2, 0.25) is 0 Å². The van der Waals surface area contributed by atoms with Crippen molar-refractivity contribution in [3.8, 4) is 5.75 Å². The molecule has 1 aromatic carbocycles. The summed E-state index contributed by atoms with van der Waals surface area (Å²) in [6.07, 6.45) is 10.7. The number of nitrogens with two attached hydrogens (primary N) is 1. The molecule has 1 aliphatic rings. The molecule has 0 radical (unpaired) electrons. The number of hydrogen-bond donors (Lipinski definition) is 1. The maximum absolute atomic E-state index is 6.22. The Kier molecular flexibility index (Phi) is 3.63. The molecular formula is C16H21N3O. The van der Waals surface area contributed by atoms with Crippen LogP contribution >= 0.6 is 0 Å². The van der Waals surface area contributed by atoms with Gasteiger partial charge in [0.05, 0.1) is 12.4 Å². The van der Waals surface area contributed by atoms with Crippen molar-refractivity contribution in [2.45, 2.75) is 44.8 Å². The van der Waals surface area contributed by atoms with Crippen molar-refractivity contribution < 1.29 is 4.74 Å². The van der Waals surface area contributed by atoms with Crippen LogP contribution in [0.4, 0.5) is 5.69 Å². The molecule has 1 saturated carbocycles. The molecule has 20 heavy (non-hydrogen) atoms. The number of anilines is 1.